The average Bonchev–Trinajstić information content (AvgIpc) is 2.47. The molecule has 1 aliphatic heterocycles. The second-order valence-corrected chi connectivity index (χ2v) is 5.08. The first-order chi connectivity index (χ1) is 9.66. The van der Waals surface area contributed by atoms with E-state index in [0.29, 0.717) is 12.1 Å². The van der Waals surface area contributed by atoms with Crippen LogP contribution in [0.5, 0.6) is 5.75 Å². The van der Waals surface area contributed by atoms with Crippen LogP contribution in [-0.4, -0.2) is 55.3 Å². The quantitative estimate of drug-likeness (QED) is 0.793. The van der Waals surface area contributed by atoms with Crippen LogP contribution in [0.15, 0.2) is 18.2 Å². The number of carbonyl (C=O) groups is 1. The zero-order chi connectivity index (χ0) is 14.4. The highest BCUT2D eigenvalue weighted by Gasteiger charge is 2.12. The summed E-state index contributed by atoms with van der Waals surface area (Å²) in [6, 6.07) is 5.04. The molecule has 1 aromatic carbocycles. The van der Waals surface area contributed by atoms with Gasteiger partial charge in [0.1, 0.15) is 5.75 Å². The Labute approximate surface area is 119 Å². The molecule has 0 aromatic heterocycles. The maximum Gasteiger partial charge on any atom is 0.255 e. The number of nitrogens with one attached hydrogen (secondary N) is 1. The van der Waals surface area contributed by atoms with Gasteiger partial charge in [-0.15, -0.1) is 0 Å². The molecule has 0 saturated carbocycles. The first kappa shape index (κ1) is 14.8. The van der Waals surface area contributed by atoms with Gasteiger partial charge in [0.25, 0.3) is 5.91 Å². The minimum absolute atomic E-state index is 0.0290. The minimum Gasteiger partial charge on any atom is -0.507 e. The predicted octanol–water partition coefficient (Wildman–Crippen LogP) is 1.15. The van der Waals surface area contributed by atoms with Gasteiger partial charge in [0.05, 0.1) is 18.8 Å². The molecule has 0 aliphatic carbocycles. The van der Waals surface area contributed by atoms with Gasteiger partial charge >= 0.3 is 0 Å². The van der Waals surface area contributed by atoms with Gasteiger partial charge in [-0.1, -0.05) is 11.6 Å². The van der Waals surface area contributed by atoms with Crippen LogP contribution in [-0.2, 0) is 4.74 Å². The number of carbonyl (C=O) groups excluding carboxylic acids is 1. The van der Waals surface area contributed by atoms with Crippen LogP contribution in [0.25, 0.3) is 0 Å². The summed E-state index contributed by atoms with van der Waals surface area (Å²) in [5.74, 6) is -0.186. The molecule has 2 N–H and O–H groups in total. The fourth-order valence-corrected chi connectivity index (χ4v) is 2.26. The van der Waals surface area contributed by atoms with Crippen molar-refractivity contribution in [1.29, 1.82) is 0 Å². The number of aryl methyl sites for hydroxylation is 1. The van der Waals surface area contributed by atoms with E-state index in [4.69, 9.17) is 4.74 Å². The molecule has 1 amide bonds. The standard InChI is InChI=1S/C15H22N2O3/c1-12-3-4-14(18)13(11-12)15(19)16-5-2-6-17-7-9-20-10-8-17/h3-4,11,18H,2,5-10H2,1H3,(H,16,19). The van der Waals surface area contributed by atoms with Crippen molar-refractivity contribution in [2.75, 3.05) is 39.4 Å². The lowest BCUT2D eigenvalue weighted by molar-refractivity contribution is 0.0374. The van der Waals surface area contributed by atoms with E-state index >= 15 is 0 Å². The van der Waals surface area contributed by atoms with E-state index in [2.05, 4.69) is 10.2 Å². The van der Waals surface area contributed by atoms with Gasteiger partial charge in [0, 0.05) is 19.6 Å². The maximum atomic E-state index is 12.0. The highest BCUT2D eigenvalue weighted by Crippen LogP contribution is 2.17. The minimum atomic E-state index is -0.215. The number of hydrogen-bond acceptors (Lipinski definition) is 4. The number of phenolic OH excluding ortho intramolecular Hbond substituents is 1. The van der Waals surface area contributed by atoms with Crippen LogP contribution >= 0.6 is 0 Å². The van der Waals surface area contributed by atoms with Gasteiger partial charge in [0.15, 0.2) is 0 Å². The second-order valence-electron chi connectivity index (χ2n) is 5.08. The van der Waals surface area contributed by atoms with Crippen molar-refractivity contribution in [3.8, 4) is 5.75 Å². The average molecular weight is 278 g/mol. The lowest BCUT2D eigenvalue weighted by Gasteiger charge is -2.26. The molecule has 0 atom stereocenters. The lowest BCUT2D eigenvalue weighted by atomic mass is 10.1. The third kappa shape index (κ3) is 4.21. The van der Waals surface area contributed by atoms with E-state index < -0.39 is 0 Å². The Morgan fingerprint density at radius 3 is 2.90 bits per heavy atom. The largest absolute Gasteiger partial charge is 0.507 e. The molecule has 1 aliphatic rings. The predicted molar refractivity (Wildman–Crippen MR) is 77.1 cm³/mol. The van der Waals surface area contributed by atoms with Crippen LogP contribution in [0.3, 0.4) is 0 Å². The molecule has 0 unspecified atom stereocenters. The molecule has 0 bridgehead atoms. The fourth-order valence-electron chi connectivity index (χ4n) is 2.26. The van der Waals surface area contributed by atoms with Crippen molar-refractivity contribution in [3.05, 3.63) is 29.3 Å². The summed E-state index contributed by atoms with van der Waals surface area (Å²) in [4.78, 5) is 14.3. The zero-order valence-electron chi connectivity index (χ0n) is 11.9. The first-order valence-electron chi connectivity index (χ1n) is 7.05. The Balaban J connectivity index is 1.73. The molecule has 1 saturated heterocycles. The smallest absolute Gasteiger partial charge is 0.255 e. The van der Waals surface area contributed by atoms with Crippen molar-refractivity contribution in [1.82, 2.24) is 10.2 Å². The second kappa shape index (κ2) is 7.26. The third-order valence-corrected chi connectivity index (χ3v) is 3.44. The number of benzene rings is 1. The monoisotopic (exact) mass is 278 g/mol. The summed E-state index contributed by atoms with van der Waals surface area (Å²) < 4.78 is 5.29. The van der Waals surface area contributed by atoms with Crippen molar-refractivity contribution in [2.45, 2.75) is 13.3 Å². The molecule has 110 valence electrons. The molecule has 0 spiro atoms. The summed E-state index contributed by atoms with van der Waals surface area (Å²) in [5, 5.41) is 12.5. The Bertz CT molecular complexity index is 456. The van der Waals surface area contributed by atoms with Gasteiger partial charge in [-0.2, -0.15) is 0 Å². The number of phenols is 1. The topological polar surface area (TPSA) is 61.8 Å². The number of morpholine rings is 1. The van der Waals surface area contributed by atoms with Crippen LogP contribution < -0.4 is 5.32 Å². The summed E-state index contributed by atoms with van der Waals surface area (Å²) in [7, 11) is 0. The highest BCUT2D eigenvalue weighted by atomic mass is 16.5. The Morgan fingerprint density at radius 1 is 1.40 bits per heavy atom. The SMILES string of the molecule is Cc1ccc(O)c(C(=O)NCCCN2CCOCC2)c1. The summed E-state index contributed by atoms with van der Waals surface area (Å²) in [5.41, 5.74) is 1.30. The van der Waals surface area contributed by atoms with Gasteiger partial charge in [-0.05, 0) is 32.0 Å². The first-order valence-corrected chi connectivity index (χ1v) is 7.05. The van der Waals surface area contributed by atoms with Crippen molar-refractivity contribution in [2.24, 2.45) is 0 Å². The van der Waals surface area contributed by atoms with Crippen molar-refractivity contribution < 1.29 is 14.6 Å². The Hall–Kier alpha value is -1.59. The van der Waals surface area contributed by atoms with Gasteiger partial charge in [-0.25, -0.2) is 0 Å². The van der Waals surface area contributed by atoms with E-state index in [9.17, 15) is 9.90 Å². The number of nitrogens with zero attached hydrogens (tertiary/aromatic N) is 1. The van der Waals surface area contributed by atoms with Gasteiger partial charge < -0.3 is 15.2 Å². The van der Waals surface area contributed by atoms with Crippen LogP contribution in [0.4, 0.5) is 0 Å². The maximum absolute atomic E-state index is 12.0. The number of aromatic hydroxyl groups is 1. The van der Waals surface area contributed by atoms with E-state index in [-0.39, 0.29) is 11.7 Å². The summed E-state index contributed by atoms with van der Waals surface area (Å²) in [6.07, 6.45) is 0.901. The highest BCUT2D eigenvalue weighted by molar-refractivity contribution is 5.96. The van der Waals surface area contributed by atoms with E-state index in [0.717, 1.165) is 44.8 Å². The molecule has 1 heterocycles. The number of hydrogen-bond donors (Lipinski definition) is 2. The number of amides is 1. The van der Waals surface area contributed by atoms with Crippen molar-refractivity contribution in [3.63, 3.8) is 0 Å². The van der Waals surface area contributed by atoms with Crippen LogP contribution in [0.1, 0.15) is 22.3 Å². The third-order valence-electron chi connectivity index (χ3n) is 3.44. The molecule has 2 rings (SSSR count). The van der Waals surface area contributed by atoms with E-state index in [1.807, 2.05) is 6.92 Å². The molecule has 20 heavy (non-hydrogen) atoms. The van der Waals surface area contributed by atoms with E-state index in [1.165, 1.54) is 0 Å². The number of ether oxygens (including phenoxy) is 1. The molecular weight excluding hydrogens is 256 g/mol. The molecule has 5 heteroatoms. The fraction of sp³-hybridized carbons (Fsp3) is 0.533. The Morgan fingerprint density at radius 2 is 2.15 bits per heavy atom. The Kier molecular flexibility index (Phi) is 5.38. The molecule has 0 radical (unpaired) electrons. The van der Waals surface area contributed by atoms with E-state index in [1.54, 1.807) is 18.2 Å². The van der Waals surface area contributed by atoms with Gasteiger partial charge in [0.2, 0.25) is 0 Å². The molecule has 5 nitrogen and oxygen atoms in total. The zero-order valence-corrected chi connectivity index (χ0v) is 11.9. The van der Waals surface area contributed by atoms with Crippen LogP contribution in [0, 0.1) is 6.92 Å². The summed E-state index contributed by atoms with van der Waals surface area (Å²) >= 11 is 0. The lowest BCUT2D eigenvalue weighted by Crippen LogP contribution is -2.38. The van der Waals surface area contributed by atoms with Crippen molar-refractivity contribution >= 4 is 5.91 Å². The van der Waals surface area contributed by atoms with Crippen LogP contribution in [0.2, 0.25) is 0 Å². The summed E-state index contributed by atoms with van der Waals surface area (Å²) in [6.45, 7) is 6.99. The normalized spacial score (nSPS) is 16.1. The van der Waals surface area contributed by atoms with Gasteiger partial charge in [-0.3, -0.25) is 9.69 Å². The molecule has 1 aromatic rings. The molecular formula is C15H22N2O3. The molecule has 1 fully saturated rings. The number of rotatable bonds is 5.